The fourth-order valence-electron chi connectivity index (χ4n) is 0.921. The molecule has 0 spiro atoms. The van der Waals surface area contributed by atoms with E-state index in [2.05, 4.69) is 0 Å². The third kappa shape index (κ3) is 1.94. The minimum absolute atomic E-state index is 0.167. The molecule has 0 aromatic carbocycles. The van der Waals surface area contributed by atoms with Crippen LogP contribution in [0.2, 0.25) is 0 Å². The van der Waals surface area contributed by atoms with Gasteiger partial charge in [-0.05, 0) is 20.8 Å². The molecule has 1 aliphatic heterocycles. The summed E-state index contributed by atoms with van der Waals surface area (Å²) in [4.78, 5) is 0. The fraction of sp³-hybridized carbons (Fsp3) is 1.00. The predicted molar refractivity (Wildman–Crippen MR) is 36.5 cm³/mol. The van der Waals surface area contributed by atoms with Crippen LogP contribution in [0.3, 0.4) is 0 Å². The van der Waals surface area contributed by atoms with Gasteiger partial charge in [0.1, 0.15) is 6.61 Å². The molecule has 1 atom stereocenters. The van der Waals surface area contributed by atoms with Crippen LogP contribution < -0.4 is 0 Å². The molecular formula is C7H14O3. The molecule has 60 valence electrons. The summed E-state index contributed by atoms with van der Waals surface area (Å²) in [6, 6.07) is 0. The maximum atomic E-state index is 5.34. The van der Waals surface area contributed by atoms with E-state index < -0.39 is 5.79 Å². The van der Waals surface area contributed by atoms with Gasteiger partial charge >= 0.3 is 0 Å². The lowest BCUT2D eigenvalue weighted by atomic mass is 10.4. The summed E-state index contributed by atoms with van der Waals surface area (Å²) < 4.78 is 15.8. The third-order valence-electron chi connectivity index (χ3n) is 1.33. The molecule has 0 amide bonds. The monoisotopic (exact) mass is 146 g/mol. The van der Waals surface area contributed by atoms with Crippen LogP contribution in [0.1, 0.15) is 20.8 Å². The molecule has 0 aromatic rings. The summed E-state index contributed by atoms with van der Waals surface area (Å²) in [5.41, 5.74) is 0. The highest BCUT2D eigenvalue weighted by Gasteiger charge is 2.32. The summed E-state index contributed by atoms with van der Waals surface area (Å²) >= 11 is 0. The molecule has 0 radical (unpaired) electrons. The molecule has 1 saturated heterocycles. The van der Waals surface area contributed by atoms with Crippen molar-refractivity contribution >= 4 is 0 Å². The topological polar surface area (TPSA) is 27.7 Å². The lowest BCUT2D eigenvalue weighted by Crippen LogP contribution is -2.22. The minimum atomic E-state index is -0.458. The van der Waals surface area contributed by atoms with Crippen molar-refractivity contribution in [1.29, 1.82) is 0 Å². The van der Waals surface area contributed by atoms with Crippen LogP contribution in [-0.4, -0.2) is 25.3 Å². The highest BCUT2D eigenvalue weighted by molar-refractivity contribution is 4.63. The largest absolute Gasteiger partial charge is 0.350 e. The second-order valence-corrected chi connectivity index (χ2v) is 2.71. The predicted octanol–water partition coefficient (Wildman–Crippen LogP) is 1.13. The molecule has 0 aromatic heterocycles. The summed E-state index contributed by atoms with van der Waals surface area (Å²) in [7, 11) is 0. The van der Waals surface area contributed by atoms with Crippen molar-refractivity contribution in [3.63, 3.8) is 0 Å². The molecule has 1 fully saturated rings. The van der Waals surface area contributed by atoms with Crippen LogP contribution in [0.25, 0.3) is 0 Å². The zero-order valence-electron chi connectivity index (χ0n) is 6.72. The smallest absolute Gasteiger partial charge is 0.184 e. The SMILES string of the molecule is CCOC1COC(C)(C)O1. The van der Waals surface area contributed by atoms with E-state index >= 15 is 0 Å². The molecule has 1 aliphatic rings. The zero-order valence-corrected chi connectivity index (χ0v) is 6.72. The number of hydrogen-bond donors (Lipinski definition) is 0. The molecule has 1 rings (SSSR count). The lowest BCUT2D eigenvalue weighted by molar-refractivity contribution is -0.189. The van der Waals surface area contributed by atoms with E-state index in [1.165, 1.54) is 0 Å². The molecule has 1 unspecified atom stereocenters. The average molecular weight is 146 g/mol. The molecule has 0 N–H and O–H groups in total. The van der Waals surface area contributed by atoms with Crippen molar-refractivity contribution < 1.29 is 14.2 Å². The van der Waals surface area contributed by atoms with Gasteiger partial charge in [0.25, 0.3) is 0 Å². The highest BCUT2D eigenvalue weighted by Crippen LogP contribution is 2.22. The van der Waals surface area contributed by atoms with Gasteiger partial charge in [0.15, 0.2) is 12.1 Å². The van der Waals surface area contributed by atoms with Gasteiger partial charge in [-0.3, -0.25) is 0 Å². The van der Waals surface area contributed by atoms with E-state index in [1.807, 2.05) is 20.8 Å². The van der Waals surface area contributed by atoms with Crippen molar-refractivity contribution in [1.82, 2.24) is 0 Å². The van der Waals surface area contributed by atoms with Crippen molar-refractivity contribution in [2.75, 3.05) is 13.2 Å². The van der Waals surface area contributed by atoms with Gasteiger partial charge in [0, 0.05) is 6.61 Å². The fourth-order valence-corrected chi connectivity index (χ4v) is 0.921. The summed E-state index contributed by atoms with van der Waals surface area (Å²) in [6.07, 6.45) is -0.167. The Morgan fingerprint density at radius 1 is 1.60 bits per heavy atom. The molecule has 3 heteroatoms. The summed E-state index contributed by atoms with van der Waals surface area (Å²) in [6.45, 7) is 6.91. The normalized spacial score (nSPS) is 30.9. The van der Waals surface area contributed by atoms with Crippen molar-refractivity contribution in [3.05, 3.63) is 0 Å². The lowest BCUT2D eigenvalue weighted by Gasteiger charge is -2.16. The second-order valence-electron chi connectivity index (χ2n) is 2.71. The summed E-state index contributed by atoms with van der Waals surface area (Å²) in [5.74, 6) is -0.458. The van der Waals surface area contributed by atoms with Gasteiger partial charge in [0.2, 0.25) is 0 Å². The van der Waals surface area contributed by atoms with E-state index in [0.717, 1.165) is 0 Å². The molecule has 0 bridgehead atoms. The van der Waals surface area contributed by atoms with Gasteiger partial charge in [-0.2, -0.15) is 0 Å². The first-order valence-corrected chi connectivity index (χ1v) is 3.57. The van der Waals surface area contributed by atoms with E-state index in [-0.39, 0.29) is 6.29 Å². The Bertz CT molecular complexity index is 111. The van der Waals surface area contributed by atoms with Crippen molar-refractivity contribution in [2.45, 2.75) is 32.8 Å². The molecule has 10 heavy (non-hydrogen) atoms. The highest BCUT2D eigenvalue weighted by atomic mass is 16.8. The maximum Gasteiger partial charge on any atom is 0.184 e. The molecular weight excluding hydrogens is 132 g/mol. The molecule has 3 nitrogen and oxygen atoms in total. The Morgan fingerprint density at radius 3 is 2.70 bits per heavy atom. The van der Waals surface area contributed by atoms with Gasteiger partial charge in [-0.25, -0.2) is 0 Å². The maximum absolute atomic E-state index is 5.34. The van der Waals surface area contributed by atoms with Crippen LogP contribution in [0.4, 0.5) is 0 Å². The van der Waals surface area contributed by atoms with Crippen molar-refractivity contribution in [2.24, 2.45) is 0 Å². The Balaban J connectivity index is 2.29. The Hall–Kier alpha value is -0.120. The van der Waals surface area contributed by atoms with Gasteiger partial charge in [0.05, 0.1) is 0 Å². The van der Waals surface area contributed by atoms with E-state index in [0.29, 0.717) is 13.2 Å². The number of ether oxygens (including phenoxy) is 3. The molecule has 1 heterocycles. The van der Waals surface area contributed by atoms with Gasteiger partial charge in [-0.1, -0.05) is 0 Å². The first-order valence-electron chi connectivity index (χ1n) is 3.57. The molecule has 0 aliphatic carbocycles. The average Bonchev–Trinajstić information content (AvgIpc) is 2.12. The standard InChI is InChI=1S/C7H14O3/c1-4-8-6-5-9-7(2,3)10-6/h6H,4-5H2,1-3H3. The van der Waals surface area contributed by atoms with Crippen LogP contribution >= 0.6 is 0 Å². The first kappa shape index (κ1) is 7.98. The number of hydrogen-bond acceptors (Lipinski definition) is 3. The van der Waals surface area contributed by atoms with Gasteiger partial charge < -0.3 is 14.2 Å². The van der Waals surface area contributed by atoms with Crippen LogP contribution in [0, 0.1) is 0 Å². The van der Waals surface area contributed by atoms with Crippen LogP contribution in [0.15, 0.2) is 0 Å². The molecule has 0 saturated carbocycles. The Labute approximate surface area is 61.3 Å². The number of rotatable bonds is 2. The second kappa shape index (κ2) is 2.86. The van der Waals surface area contributed by atoms with E-state index in [9.17, 15) is 0 Å². The Morgan fingerprint density at radius 2 is 2.30 bits per heavy atom. The quantitative estimate of drug-likeness (QED) is 0.584. The van der Waals surface area contributed by atoms with E-state index in [1.54, 1.807) is 0 Å². The third-order valence-corrected chi connectivity index (χ3v) is 1.33. The van der Waals surface area contributed by atoms with Crippen LogP contribution in [0.5, 0.6) is 0 Å². The Kier molecular flexibility index (Phi) is 2.28. The minimum Gasteiger partial charge on any atom is -0.350 e. The van der Waals surface area contributed by atoms with Crippen molar-refractivity contribution in [3.8, 4) is 0 Å². The van der Waals surface area contributed by atoms with Gasteiger partial charge in [-0.15, -0.1) is 0 Å². The first-order chi connectivity index (χ1) is 4.64. The summed E-state index contributed by atoms with van der Waals surface area (Å²) in [5, 5.41) is 0. The van der Waals surface area contributed by atoms with E-state index in [4.69, 9.17) is 14.2 Å². The zero-order chi connectivity index (χ0) is 7.61. The van der Waals surface area contributed by atoms with Crippen LogP contribution in [-0.2, 0) is 14.2 Å².